The van der Waals surface area contributed by atoms with E-state index in [0.717, 1.165) is 17.0 Å². The number of benzene rings is 1. The summed E-state index contributed by atoms with van der Waals surface area (Å²) in [5, 5.41) is 18.4. The molecule has 1 aliphatic rings. The van der Waals surface area contributed by atoms with Crippen LogP contribution in [0.5, 0.6) is 0 Å². The summed E-state index contributed by atoms with van der Waals surface area (Å²) in [7, 11) is 0. The van der Waals surface area contributed by atoms with Gasteiger partial charge in [-0.3, -0.25) is 4.79 Å². The number of carboxylic acids is 1. The second-order valence-electron chi connectivity index (χ2n) is 4.21. The maximum Gasteiger partial charge on any atom is 0.326 e. The van der Waals surface area contributed by atoms with Gasteiger partial charge in [0.2, 0.25) is 0 Å². The second-order valence-corrected chi connectivity index (χ2v) is 4.21. The molecule has 1 aromatic rings. The Kier molecular flexibility index (Phi) is 3.29. The van der Waals surface area contributed by atoms with E-state index >= 15 is 0 Å². The molecule has 0 unspecified atom stereocenters. The average molecular weight is 253 g/mol. The fourth-order valence-corrected chi connectivity index (χ4v) is 2.03. The van der Waals surface area contributed by atoms with Gasteiger partial charge in [0.05, 0.1) is 6.10 Å². The third-order valence-electron chi connectivity index (χ3n) is 2.92. The van der Waals surface area contributed by atoms with Crippen molar-refractivity contribution >= 4 is 11.9 Å². The molecule has 0 radical (unpaired) electrons. The van der Waals surface area contributed by atoms with Gasteiger partial charge in [0, 0.05) is 18.5 Å². The highest BCUT2D eigenvalue weighted by atomic mass is 19.1. The summed E-state index contributed by atoms with van der Waals surface area (Å²) < 4.78 is 12.7. The molecule has 2 atom stereocenters. The number of nitrogens with zero attached hydrogens (tertiary/aromatic N) is 1. The van der Waals surface area contributed by atoms with E-state index in [0.29, 0.717) is 0 Å². The summed E-state index contributed by atoms with van der Waals surface area (Å²) in [4.78, 5) is 24.1. The monoisotopic (exact) mass is 253 g/mol. The Bertz CT molecular complexity index is 473. The molecule has 0 saturated carbocycles. The minimum Gasteiger partial charge on any atom is -0.480 e. The molecule has 1 saturated heterocycles. The quantitative estimate of drug-likeness (QED) is 0.804. The van der Waals surface area contributed by atoms with E-state index in [9.17, 15) is 19.1 Å². The molecule has 1 fully saturated rings. The first kappa shape index (κ1) is 12.5. The molecular weight excluding hydrogens is 241 g/mol. The first-order valence-electron chi connectivity index (χ1n) is 5.46. The highest BCUT2D eigenvalue weighted by molar-refractivity contribution is 5.97. The van der Waals surface area contributed by atoms with Crippen molar-refractivity contribution in [2.75, 3.05) is 6.54 Å². The Hall–Kier alpha value is -1.95. The molecule has 1 aromatic carbocycles. The number of halogens is 1. The summed E-state index contributed by atoms with van der Waals surface area (Å²) >= 11 is 0. The van der Waals surface area contributed by atoms with Crippen molar-refractivity contribution < 1.29 is 24.2 Å². The summed E-state index contributed by atoms with van der Waals surface area (Å²) in [6, 6.07) is 3.82. The van der Waals surface area contributed by atoms with Crippen LogP contribution in [0.2, 0.25) is 0 Å². The molecule has 6 heteroatoms. The lowest BCUT2D eigenvalue weighted by molar-refractivity contribution is -0.141. The number of carboxylic acid groups (broad SMARTS) is 1. The number of carbonyl (C=O) groups excluding carboxylic acids is 1. The molecule has 5 nitrogen and oxygen atoms in total. The van der Waals surface area contributed by atoms with Crippen molar-refractivity contribution in [1.82, 2.24) is 4.90 Å². The maximum atomic E-state index is 12.7. The van der Waals surface area contributed by atoms with Gasteiger partial charge in [0.15, 0.2) is 0 Å². The molecule has 0 spiro atoms. The zero-order valence-corrected chi connectivity index (χ0v) is 9.41. The van der Waals surface area contributed by atoms with Crippen LogP contribution in [0.15, 0.2) is 24.3 Å². The molecule has 18 heavy (non-hydrogen) atoms. The van der Waals surface area contributed by atoms with E-state index in [1.165, 1.54) is 12.1 Å². The number of carbonyl (C=O) groups is 2. The number of rotatable bonds is 2. The van der Waals surface area contributed by atoms with E-state index in [1.807, 2.05) is 0 Å². The SMILES string of the molecule is O=C(O)[C@H]1C[C@H](O)CN1C(=O)c1ccc(F)cc1. The van der Waals surface area contributed by atoms with Gasteiger partial charge in [-0.05, 0) is 24.3 Å². The predicted octanol–water partition coefficient (Wildman–Crippen LogP) is 0.486. The van der Waals surface area contributed by atoms with Crippen LogP contribution in [0.4, 0.5) is 4.39 Å². The van der Waals surface area contributed by atoms with Gasteiger partial charge in [-0.2, -0.15) is 0 Å². The molecule has 0 bridgehead atoms. The van der Waals surface area contributed by atoms with Crippen molar-refractivity contribution in [1.29, 1.82) is 0 Å². The van der Waals surface area contributed by atoms with Gasteiger partial charge in [-0.25, -0.2) is 9.18 Å². The van der Waals surface area contributed by atoms with E-state index in [-0.39, 0.29) is 18.5 Å². The van der Waals surface area contributed by atoms with Crippen LogP contribution in [0.25, 0.3) is 0 Å². The number of aliphatic hydroxyl groups is 1. The first-order chi connectivity index (χ1) is 8.49. The number of amides is 1. The van der Waals surface area contributed by atoms with E-state index in [4.69, 9.17) is 5.11 Å². The highest BCUT2D eigenvalue weighted by Crippen LogP contribution is 2.21. The Morgan fingerprint density at radius 1 is 1.28 bits per heavy atom. The van der Waals surface area contributed by atoms with Crippen molar-refractivity contribution in [2.24, 2.45) is 0 Å². The molecule has 0 aromatic heterocycles. The van der Waals surface area contributed by atoms with Gasteiger partial charge < -0.3 is 15.1 Å². The van der Waals surface area contributed by atoms with Gasteiger partial charge in [-0.15, -0.1) is 0 Å². The topological polar surface area (TPSA) is 77.8 Å². The normalized spacial score (nSPS) is 23.1. The summed E-state index contributed by atoms with van der Waals surface area (Å²) in [5.41, 5.74) is 0.205. The number of hydrogen-bond donors (Lipinski definition) is 2. The minimum atomic E-state index is -1.15. The molecular formula is C12H12FNO4. The molecule has 2 rings (SSSR count). The number of aliphatic carboxylic acids is 1. The zero-order chi connectivity index (χ0) is 13.3. The van der Waals surface area contributed by atoms with E-state index in [2.05, 4.69) is 0 Å². The number of aliphatic hydroxyl groups excluding tert-OH is 1. The van der Waals surface area contributed by atoms with Crippen LogP contribution in [-0.4, -0.2) is 45.7 Å². The lowest BCUT2D eigenvalue weighted by Gasteiger charge is -2.21. The molecule has 1 heterocycles. The summed E-state index contributed by atoms with van der Waals surface area (Å²) in [6.07, 6.45) is -0.821. The van der Waals surface area contributed by atoms with Gasteiger partial charge in [0.1, 0.15) is 11.9 Å². The van der Waals surface area contributed by atoms with Crippen LogP contribution in [0.1, 0.15) is 16.8 Å². The van der Waals surface area contributed by atoms with Crippen molar-refractivity contribution in [3.05, 3.63) is 35.6 Å². The van der Waals surface area contributed by atoms with Crippen LogP contribution >= 0.6 is 0 Å². The number of hydrogen-bond acceptors (Lipinski definition) is 3. The highest BCUT2D eigenvalue weighted by Gasteiger charge is 2.39. The minimum absolute atomic E-state index is 0.0161. The Balaban J connectivity index is 2.22. The fraction of sp³-hybridized carbons (Fsp3) is 0.333. The Labute approximate surface area is 102 Å². The average Bonchev–Trinajstić information content (AvgIpc) is 2.71. The van der Waals surface area contributed by atoms with Crippen LogP contribution < -0.4 is 0 Å². The number of likely N-dealkylation sites (tertiary alicyclic amines) is 1. The van der Waals surface area contributed by atoms with E-state index in [1.54, 1.807) is 0 Å². The molecule has 1 aliphatic heterocycles. The third-order valence-corrected chi connectivity index (χ3v) is 2.92. The molecule has 2 N–H and O–H groups in total. The Morgan fingerprint density at radius 2 is 1.89 bits per heavy atom. The predicted molar refractivity (Wildman–Crippen MR) is 59.5 cm³/mol. The standard InChI is InChI=1S/C12H12FNO4/c13-8-3-1-7(2-4-8)11(16)14-6-9(15)5-10(14)12(17)18/h1-4,9-10,15H,5-6H2,(H,17,18)/t9-,10+/m0/s1. The lowest BCUT2D eigenvalue weighted by atomic mass is 10.1. The van der Waals surface area contributed by atoms with Crippen molar-refractivity contribution in [3.63, 3.8) is 0 Å². The van der Waals surface area contributed by atoms with E-state index < -0.39 is 29.8 Å². The third kappa shape index (κ3) is 2.33. The van der Waals surface area contributed by atoms with Crippen molar-refractivity contribution in [3.8, 4) is 0 Å². The first-order valence-corrected chi connectivity index (χ1v) is 5.46. The Morgan fingerprint density at radius 3 is 2.44 bits per heavy atom. The zero-order valence-electron chi connectivity index (χ0n) is 9.41. The lowest BCUT2D eigenvalue weighted by Crippen LogP contribution is -2.40. The fourth-order valence-electron chi connectivity index (χ4n) is 2.03. The van der Waals surface area contributed by atoms with Crippen LogP contribution in [0, 0.1) is 5.82 Å². The smallest absolute Gasteiger partial charge is 0.326 e. The van der Waals surface area contributed by atoms with Gasteiger partial charge >= 0.3 is 5.97 Å². The summed E-state index contributed by atoms with van der Waals surface area (Å²) in [5.74, 6) is -2.14. The molecule has 0 aliphatic carbocycles. The molecule has 1 amide bonds. The van der Waals surface area contributed by atoms with Gasteiger partial charge in [0.25, 0.3) is 5.91 Å². The van der Waals surface area contributed by atoms with Crippen LogP contribution in [0.3, 0.4) is 0 Å². The maximum absolute atomic E-state index is 12.7. The summed E-state index contributed by atoms with van der Waals surface area (Å²) in [6.45, 7) is -0.0207. The second kappa shape index (κ2) is 4.73. The molecule has 96 valence electrons. The van der Waals surface area contributed by atoms with Crippen LogP contribution in [-0.2, 0) is 4.79 Å². The van der Waals surface area contributed by atoms with Crippen molar-refractivity contribution in [2.45, 2.75) is 18.6 Å². The number of β-amino-alcohol motifs (C(OH)–C–C–N with tert-alkyl or cyclic N) is 1. The van der Waals surface area contributed by atoms with Gasteiger partial charge in [-0.1, -0.05) is 0 Å². The largest absolute Gasteiger partial charge is 0.480 e.